The molecule has 154 valence electrons. The van der Waals surface area contributed by atoms with Crippen LogP contribution in [0.2, 0.25) is 0 Å². The van der Waals surface area contributed by atoms with E-state index in [2.05, 4.69) is 15.4 Å². The Balaban J connectivity index is 1.66. The maximum Gasteiger partial charge on any atom is 0.409 e. The van der Waals surface area contributed by atoms with Gasteiger partial charge >= 0.3 is 6.09 Å². The quantitative estimate of drug-likeness (QED) is 0.519. The predicted octanol–water partition coefficient (Wildman–Crippen LogP) is 2.87. The van der Waals surface area contributed by atoms with Gasteiger partial charge in [-0.3, -0.25) is 10.1 Å². The van der Waals surface area contributed by atoms with Crippen LogP contribution in [0.4, 0.5) is 10.5 Å². The molecule has 1 aromatic carbocycles. The number of thiophene rings is 1. The van der Waals surface area contributed by atoms with Gasteiger partial charge < -0.3 is 10.4 Å². The molecule has 0 spiro atoms. The number of carboxylic acid groups (broad SMARTS) is 1. The average molecular weight is 436 g/mol. The molecule has 1 heterocycles. The number of rotatable bonds is 6. The molecule has 1 aliphatic rings. The van der Waals surface area contributed by atoms with E-state index in [4.69, 9.17) is 5.11 Å². The second-order valence-corrected chi connectivity index (χ2v) is 9.47. The third kappa shape index (κ3) is 6.14. The van der Waals surface area contributed by atoms with Crippen LogP contribution < -0.4 is 15.4 Å². The molecule has 0 bridgehead atoms. The van der Waals surface area contributed by atoms with Crippen molar-refractivity contribution in [2.75, 3.05) is 11.6 Å². The third-order valence-electron chi connectivity index (χ3n) is 4.30. The maximum atomic E-state index is 12.6. The van der Waals surface area contributed by atoms with E-state index in [1.54, 1.807) is 24.3 Å². The van der Waals surface area contributed by atoms with Gasteiger partial charge in [-0.25, -0.2) is 17.9 Å². The van der Waals surface area contributed by atoms with E-state index in [9.17, 15) is 18.0 Å². The summed E-state index contributed by atoms with van der Waals surface area (Å²) in [5.74, 6) is -0.240. The number of benzene rings is 1. The number of hydrogen-bond donors (Lipinski definition) is 4. The summed E-state index contributed by atoms with van der Waals surface area (Å²) in [5.41, 5.74) is 2.05. The second kappa shape index (κ2) is 8.76. The fourth-order valence-corrected chi connectivity index (χ4v) is 4.76. The minimum Gasteiger partial charge on any atom is -0.465 e. The van der Waals surface area contributed by atoms with Gasteiger partial charge in [0.1, 0.15) is 0 Å². The molecule has 2 atom stereocenters. The molecule has 0 radical (unpaired) electrons. The van der Waals surface area contributed by atoms with Crippen LogP contribution in [0, 0.1) is 0 Å². The zero-order valence-corrected chi connectivity index (χ0v) is 17.2. The van der Waals surface area contributed by atoms with Crippen molar-refractivity contribution in [1.29, 1.82) is 0 Å². The molecule has 2 aromatic rings. The van der Waals surface area contributed by atoms with Gasteiger partial charge in [0, 0.05) is 17.8 Å². The van der Waals surface area contributed by atoms with Crippen molar-refractivity contribution in [3.63, 3.8) is 0 Å². The molecule has 1 aliphatic carbocycles. The van der Waals surface area contributed by atoms with Gasteiger partial charge in [0.05, 0.1) is 11.1 Å². The van der Waals surface area contributed by atoms with Crippen LogP contribution in [0.15, 0.2) is 47.9 Å². The third-order valence-corrected chi connectivity index (χ3v) is 5.99. The van der Waals surface area contributed by atoms with Gasteiger partial charge in [0.25, 0.3) is 5.91 Å². The molecule has 2 amide bonds. The largest absolute Gasteiger partial charge is 0.465 e. The van der Waals surface area contributed by atoms with Crippen molar-refractivity contribution in [1.82, 2.24) is 10.0 Å². The van der Waals surface area contributed by atoms with Gasteiger partial charge in [-0.1, -0.05) is 24.3 Å². The first-order valence-corrected chi connectivity index (χ1v) is 11.6. The van der Waals surface area contributed by atoms with Crippen molar-refractivity contribution < 1.29 is 23.1 Å². The molecule has 1 aromatic heterocycles. The predicted molar refractivity (Wildman–Crippen MR) is 113 cm³/mol. The van der Waals surface area contributed by atoms with Crippen LogP contribution in [-0.2, 0) is 10.0 Å². The van der Waals surface area contributed by atoms with Gasteiger partial charge in [0.15, 0.2) is 0 Å². The summed E-state index contributed by atoms with van der Waals surface area (Å²) in [4.78, 5) is 23.9. The molecule has 2 unspecified atom stereocenters. The van der Waals surface area contributed by atoms with E-state index in [-0.39, 0.29) is 18.0 Å². The summed E-state index contributed by atoms with van der Waals surface area (Å²) >= 11 is 1.29. The standard InChI is InChI=1S/C19H21N3O5S2/c1-29(26,27)22-16-7-3-6-15(10-16)20-18(23)17-9-13(11-28-17)12-4-2-5-14(8-12)21-19(24)25/h2-6,8-9,11,15-16,21-22H,7,10H2,1H3,(H,20,23)(H,24,25). The van der Waals surface area contributed by atoms with Gasteiger partial charge in [0.2, 0.25) is 10.0 Å². The van der Waals surface area contributed by atoms with E-state index in [0.29, 0.717) is 23.4 Å². The number of anilines is 1. The molecule has 0 fully saturated rings. The summed E-state index contributed by atoms with van der Waals surface area (Å²) in [6.07, 6.45) is 4.77. The first kappa shape index (κ1) is 21.0. The van der Waals surface area contributed by atoms with Crippen LogP contribution in [0.3, 0.4) is 0 Å². The molecular weight excluding hydrogens is 414 g/mol. The Labute approximate surface area is 172 Å². The lowest BCUT2D eigenvalue weighted by Crippen LogP contribution is -2.43. The number of carbonyl (C=O) groups is 2. The molecule has 8 nitrogen and oxygen atoms in total. The van der Waals surface area contributed by atoms with Crippen molar-refractivity contribution in [3.8, 4) is 11.1 Å². The molecule has 4 N–H and O–H groups in total. The van der Waals surface area contributed by atoms with Crippen LogP contribution >= 0.6 is 11.3 Å². The van der Waals surface area contributed by atoms with Crippen LogP contribution in [-0.4, -0.2) is 43.9 Å². The molecule has 0 aliphatic heterocycles. The highest BCUT2D eigenvalue weighted by molar-refractivity contribution is 7.88. The number of hydrogen-bond acceptors (Lipinski definition) is 5. The lowest BCUT2D eigenvalue weighted by atomic mass is 9.98. The number of nitrogens with one attached hydrogen (secondary N) is 3. The van der Waals surface area contributed by atoms with Crippen LogP contribution in [0.5, 0.6) is 0 Å². The molecule has 3 rings (SSSR count). The summed E-state index contributed by atoms with van der Waals surface area (Å²) in [5, 5.41) is 15.9. The lowest BCUT2D eigenvalue weighted by Gasteiger charge is -2.25. The van der Waals surface area contributed by atoms with Crippen LogP contribution in [0.1, 0.15) is 22.5 Å². The Morgan fingerprint density at radius 1 is 1.21 bits per heavy atom. The maximum absolute atomic E-state index is 12.6. The number of carbonyl (C=O) groups excluding carboxylic acids is 1. The highest BCUT2D eigenvalue weighted by atomic mass is 32.2. The first-order chi connectivity index (χ1) is 13.7. The van der Waals surface area contributed by atoms with Crippen molar-refractivity contribution in [2.45, 2.75) is 24.9 Å². The summed E-state index contributed by atoms with van der Waals surface area (Å²) in [7, 11) is -3.30. The average Bonchev–Trinajstić information content (AvgIpc) is 3.10. The zero-order valence-electron chi connectivity index (χ0n) is 15.6. The summed E-state index contributed by atoms with van der Waals surface area (Å²) in [6.45, 7) is 0. The van der Waals surface area contributed by atoms with Crippen molar-refractivity contribution in [2.24, 2.45) is 0 Å². The fourth-order valence-electron chi connectivity index (χ4n) is 3.14. The number of sulfonamides is 1. The fraction of sp³-hybridized carbons (Fsp3) is 0.263. The number of amides is 2. The molecule has 29 heavy (non-hydrogen) atoms. The first-order valence-electron chi connectivity index (χ1n) is 8.83. The van der Waals surface area contributed by atoms with Gasteiger partial charge in [-0.15, -0.1) is 11.3 Å². The Kier molecular flexibility index (Phi) is 6.36. The Bertz CT molecular complexity index is 1050. The van der Waals surface area contributed by atoms with Crippen molar-refractivity contribution in [3.05, 3.63) is 52.7 Å². The monoisotopic (exact) mass is 435 g/mol. The van der Waals surface area contributed by atoms with E-state index in [0.717, 1.165) is 17.4 Å². The highest BCUT2D eigenvalue weighted by Crippen LogP contribution is 2.28. The van der Waals surface area contributed by atoms with E-state index in [1.165, 1.54) is 11.3 Å². The van der Waals surface area contributed by atoms with E-state index >= 15 is 0 Å². The minimum atomic E-state index is -3.30. The summed E-state index contributed by atoms with van der Waals surface area (Å²) in [6, 6.07) is 8.16. The Morgan fingerprint density at radius 3 is 2.72 bits per heavy atom. The smallest absolute Gasteiger partial charge is 0.409 e. The van der Waals surface area contributed by atoms with Crippen LogP contribution in [0.25, 0.3) is 11.1 Å². The second-order valence-electron chi connectivity index (χ2n) is 6.78. The van der Waals surface area contributed by atoms with Crippen molar-refractivity contribution >= 4 is 39.0 Å². The van der Waals surface area contributed by atoms with E-state index < -0.39 is 16.1 Å². The normalized spacial score (nSPS) is 18.9. The molecule has 0 saturated heterocycles. The topological polar surface area (TPSA) is 125 Å². The zero-order chi connectivity index (χ0) is 21.0. The SMILES string of the molecule is CS(=O)(=O)NC1CC=CC(NC(=O)c2cc(-c3cccc(NC(=O)O)c3)cs2)C1. The lowest BCUT2D eigenvalue weighted by molar-refractivity contribution is 0.0945. The molecule has 10 heteroatoms. The van der Waals surface area contributed by atoms with Gasteiger partial charge in [-0.2, -0.15) is 0 Å². The Morgan fingerprint density at radius 2 is 2.00 bits per heavy atom. The Hall–Kier alpha value is -2.69. The van der Waals surface area contributed by atoms with E-state index in [1.807, 2.05) is 23.6 Å². The summed E-state index contributed by atoms with van der Waals surface area (Å²) < 4.78 is 25.4. The van der Waals surface area contributed by atoms with Gasteiger partial charge in [-0.05, 0) is 47.5 Å². The minimum absolute atomic E-state index is 0.240. The molecular formula is C19H21N3O5S2. The highest BCUT2D eigenvalue weighted by Gasteiger charge is 2.22. The molecule has 0 saturated carbocycles.